The molecule has 0 saturated heterocycles. The third-order valence-electron chi connectivity index (χ3n) is 2.68. The molecule has 0 saturated carbocycles. The molecular formula is C15H10BrCl2F2NO3. The molecular weight excluding hydrogens is 431 g/mol. The largest absolute Gasteiger partial charge is 0.482 e. The Morgan fingerprint density at radius 2 is 1.96 bits per heavy atom. The Bertz CT molecular complexity index is 747. The molecule has 0 radical (unpaired) electrons. The van der Waals surface area contributed by atoms with Crippen LogP contribution in [0.3, 0.4) is 0 Å². The zero-order valence-corrected chi connectivity index (χ0v) is 15.0. The van der Waals surface area contributed by atoms with Crippen molar-refractivity contribution in [1.82, 2.24) is 0 Å². The minimum Gasteiger partial charge on any atom is -0.482 e. The fraction of sp³-hybridized carbons (Fsp3) is 0.133. The van der Waals surface area contributed by atoms with E-state index in [1.807, 2.05) is 0 Å². The zero-order chi connectivity index (χ0) is 17.7. The quantitative estimate of drug-likeness (QED) is 0.656. The fourth-order valence-electron chi connectivity index (χ4n) is 1.75. The van der Waals surface area contributed by atoms with E-state index in [1.165, 1.54) is 12.1 Å². The van der Waals surface area contributed by atoms with Gasteiger partial charge in [0.15, 0.2) is 12.4 Å². The minimum atomic E-state index is -3.06. The van der Waals surface area contributed by atoms with E-state index < -0.39 is 12.5 Å². The molecule has 0 bridgehead atoms. The van der Waals surface area contributed by atoms with E-state index in [0.717, 1.165) is 0 Å². The van der Waals surface area contributed by atoms with Gasteiger partial charge >= 0.3 is 6.61 Å². The third-order valence-corrected chi connectivity index (χ3v) is 3.80. The van der Waals surface area contributed by atoms with Crippen molar-refractivity contribution in [2.75, 3.05) is 11.9 Å². The van der Waals surface area contributed by atoms with Crippen LogP contribution in [0.4, 0.5) is 14.5 Å². The number of hydrogen-bond donors (Lipinski definition) is 1. The van der Waals surface area contributed by atoms with E-state index in [-0.39, 0.29) is 27.5 Å². The summed E-state index contributed by atoms with van der Waals surface area (Å²) in [5.41, 5.74) is -0.0116. The number of rotatable bonds is 6. The van der Waals surface area contributed by atoms with Gasteiger partial charge in [0.25, 0.3) is 5.91 Å². The predicted octanol–water partition coefficient (Wildman–Crippen LogP) is 5.37. The van der Waals surface area contributed by atoms with Crippen molar-refractivity contribution in [1.29, 1.82) is 0 Å². The van der Waals surface area contributed by atoms with Crippen molar-refractivity contribution in [2.24, 2.45) is 0 Å². The summed E-state index contributed by atoms with van der Waals surface area (Å²) < 4.78 is 34.9. The second-order valence-electron chi connectivity index (χ2n) is 4.41. The van der Waals surface area contributed by atoms with Gasteiger partial charge in [-0.05, 0) is 40.2 Å². The SMILES string of the molecule is O=C(COc1ccccc1Cl)Nc1cc(Cl)cc(Br)c1OC(F)F. The number of alkyl halides is 2. The summed E-state index contributed by atoms with van der Waals surface area (Å²) in [4.78, 5) is 12.0. The second-order valence-corrected chi connectivity index (χ2v) is 6.11. The summed E-state index contributed by atoms with van der Waals surface area (Å²) in [6.45, 7) is -3.43. The molecule has 0 atom stereocenters. The topological polar surface area (TPSA) is 47.6 Å². The number of anilines is 1. The minimum absolute atomic E-state index is 0.0116. The van der Waals surface area contributed by atoms with Crippen LogP contribution >= 0.6 is 39.1 Å². The summed E-state index contributed by atoms with van der Waals surface area (Å²) in [6, 6.07) is 9.27. The summed E-state index contributed by atoms with van der Waals surface area (Å²) in [5.74, 6) is -0.505. The maximum atomic E-state index is 12.5. The highest BCUT2D eigenvalue weighted by Crippen LogP contribution is 2.37. The van der Waals surface area contributed by atoms with Crippen LogP contribution in [0.1, 0.15) is 0 Å². The van der Waals surface area contributed by atoms with Gasteiger partial charge in [0, 0.05) is 5.02 Å². The molecule has 2 aromatic carbocycles. The average Bonchev–Trinajstić information content (AvgIpc) is 2.49. The Morgan fingerprint density at radius 3 is 2.62 bits per heavy atom. The highest BCUT2D eigenvalue weighted by molar-refractivity contribution is 9.10. The highest BCUT2D eigenvalue weighted by atomic mass is 79.9. The average molecular weight is 441 g/mol. The van der Waals surface area contributed by atoms with Crippen molar-refractivity contribution < 1.29 is 23.0 Å². The predicted molar refractivity (Wildman–Crippen MR) is 91.4 cm³/mol. The maximum Gasteiger partial charge on any atom is 0.387 e. The normalized spacial score (nSPS) is 10.6. The Hall–Kier alpha value is -1.57. The van der Waals surface area contributed by atoms with Gasteiger partial charge in [-0.2, -0.15) is 8.78 Å². The lowest BCUT2D eigenvalue weighted by molar-refractivity contribution is -0.118. The molecule has 24 heavy (non-hydrogen) atoms. The van der Waals surface area contributed by atoms with Gasteiger partial charge in [-0.3, -0.25) is 4.79 Å². The van der Waals surface area contributed by atoms with Gasteiger partial charge in [0.2, 0.25) is 0 Å². The standard InChI is InChI=1S/C15H10BrCl2F2NO3/c16-9-5-8(17)6-11(14(9)24-15(19)20)21-13(22)7-23-12-4-2-1-3-10(12)18/h1-6,15H,7H2,(H,21,22). The fourth-order valence-corrected chi connectivity index (χ4v) is 2.85. The molecule has 128 valence electrons. The number of ether oxygens (including phenoxy) is 2. The Labute approximate surface area is 154 Å². The van der Waals surface area contributed by atoms with Gasteiger partial charge in [-0.25, -0.2) is 0 Å². The first-order chi connectivity index (χ1) is 11.4. The lowest BCUT2D eigenvalue weighted by atomic mass is 10.3. The van der Waals surface area contributed by atoms with Gasteiger partial charge < -0.3 is 14.8 Å². The summed E-state index contributed by atoms with van der Waals surface area (Å²) in [6.07, 6.45) is 0. The molecule has 2 aromatic rings. The van der Waals surface area contributed by atoms with Crippen LogP contribution in [0, 0.1) is 0 Å². The molecule has 0 aromatic heterocycles. The van der Waals surface area contributed by atoms with Crippen LogP contribution in [0.15, 0.2) is 40.9 Å². The maximum absolute atomic E-state index is 12.5. The van der Waals surface area contributed by atoms with Gasteiger partial charge in [-0.1, -0.05) is 35.3 Å². The molecule has 9 heteroatoms. The molecule has 0 unspecified atom stereocenters. The van der Waals surface area contributed by atoms with Crippen molar-refractivity contribution >= 4 is 50.7 Å². The van der Waals surface area contributed by atoms with E-state index in [9.17, 15) is 13.6 Å². The molecule has 1 N–H and O–H groups in total. The Morgan fingerprint density at radius 1 is 1.25 bits per heavy atom. The van der Waals surface area contributed by atoms with Crippen molar-refractivity contribution in [3.05, 3.63) is 50.9 Å². The zero-order valence-electron chi connectivity index (χ0n) is 11.9. The monoisotopic (exact) mass is 439 g/mol. The van der Waals surface area contributed by atoms with E-state index in [4.69, 9.17) is 27.9 Å². The first kappa shape index (κ1) is 18.8. The Kier molecular flexibility index (Phi) is 6.65. The number of carbonyl (C=O) groups excluding carboxylic acids is 1. The number of halogens is 5. The van der Waals surface area contributed by atoms with Crippen molar-refractivity contribution in [2.45, 2.75) is 6.61 Å². The molecule has 0 aliphatic rings. The number of nitrogens with one attached hydrogen (secondary N) is 1. The lowest BCUT2D eigenvalue weighted by Crippen LogP contribution is -2.21. The molecule has 0 aliphatic carbocycles. The van der Waals surface area contributed by atoms with Crippen LogP contribution in [0.25, 0.3) is 0 Å². The molecule has 2 rings (SSSR count). The molecule has 0 aliphatic heterocycles. The number of carbonyl (C=O) groups is 1. The van der Waals surface area contributed by atoms with Crippen LogP contribution in [0.2, 0.25) is 10.0 Å². The summed E-state index contributed by atoms with van der Waals surface area (Å²) in [5, 5.41) is 2.98. The van der Waals surface area contributed by atoms with Crippen LogP contribution in [-0.4, -0.2) is 19.1 Å². The highest BCUT2D eigenvalue weighted by Gasteiger charge is 2.17. The van der Waals surface area contributed by atoms with Gasteiger partial charge in [0.1, 0.15) is 5.75 Å². The summed E-state index contributed by atoms with van der Waals surface area (Å²) >= 11 is 14.8. The molecule has 1 amide bonds. The van der Waals surface area contributed by atoms with Crippen LogP contribution < -0.4 is 14.8 Å². The molecule has 4 nitrogen and oxygen atoms in total. The second kappa shape index (κ2) is 8.50. The lowest BCUT2D eigenvalue weighted by Gasteiger charge is -2.14. The van der Waals surface area contributed by atoms with E-state index >= 15 is 0 Å². The summed E-state index contributed by atoms with van der Waals surface area (Å²) in [7, 11) is 0. The molecule has 0 spiro atoms. The van der Waals surface area contributed by atoms with Gasteiger partial charge in [-0.15, -0.1) is 0 Å². The van der Waals surface area contributed by atoms with Crippen LogP contribution in [0.5, 0.6) is 11.5 Å². The number of para-hydroxylation sites is 1. The number of amides is 1. The first-order valence-corrected chi connectivity index (χ1v) is 8.02. The van der Waals surface area contributed by atoms with Crippen molar-refractivity contribution in [3.8, 4) is 11.5 Å². The number of benzene rings is 2. The third kappa shape index (κ3) is 5.22. The first-order valence-electron chi connectivity index (χ1n) is 6.48. The Balaban J connectivity index is 2.09. The van der Waals surface area contributed by atoms with E-state index in [0.29, 0.717) is 10.8 Å². The molecule has 0 fully saturated rings. The van der Waals surface area contributed by atoms with E-state index in [2.05, 4.69) is 26.0 Å². The molecule has 0 heterocycles. The van der Waals surface area contributed by atoms with E-state index in [1.54, 1.807) is 24.3 Å². The van der Waals surface area contributed by atoms with Crippen LogP contribution in [-0.2, 0) is 4.79 Å². The smallest absolute Gasteiger partial charge is 0.387 e. The number of hydrogen-bond acceptors (Lipinski definition) is 3. The van der Waals surface area contributed by atoms with Crippen molar-refractivity contribution in [3.63, 3.8) is 0 Å². The van der Waals surface area contributed by atoms with Gasteiger partial charge in [0.05, 0.1) is 15.2 Å².